The molecule has 4 N–H and O–H groups in total. The average molecular weight is 641 g/mol. The zero-order chi connectivity index (χ0) is 33.3. The monoisotopic (exact) mass is 640 g/mol. The molecule has 0 unspecified atom stereocenters. The maximum Gasteiger partial charge on any atom is 0.426 e. The molecule has 0 aliphatic carbocycles. The first-order chi connectivity index (χ1) is 21.8. The summed E-state index contributed by atoms with van der Waals surface area (Å²) in [6, 6.07) is 21.4. The largest absolute Gasteiger partial charge is 0.494 e. The number of anilines is 2. The summed E-state index contributed by atoms with van der Waals surface area (Å²) in [6.45, 7) is 1.95. The molecule has 0 heterocycles. The second-order valence-electron chi connectivity index (χ2n) is 10.6. The van der Waals surface area contributed by atoms with Gasteiger partial charge in [0.2, 0.25) is 0 Å². The van der Waals surface area contributed by atoms with E-state index in [-0.39, 0.29) is 37.6 Å². The predicted molar refractivity (Wildman–Crippen MR) is 167 cm³/mol. The van der Waals surface area contributed by atoms with Crippen LogP contribution in [0.2, 0.25) is 0 Å². The Morgan fingerprint density at radius 3 is 2.07 bits per heavy atom. The van der Waals surface area contributed by atoms with E-state index < -0.39 is 30.2 Å². The Kier molecular flexibility index (Phi) is 10.9. The van der Waals surface area contributed by atoms with Gasteiger partial charge < -0.3 is 25.7 Å². The molecule has 0 aromatic heterocycles. The first-order valence-electron chi connectivity index (χ1n) is 14.4. The maximum absolute atomic E-state index is 14.8. The SMILES string of the molecule is Cc1cc(N)ccc1-c1ccc(N)cc1COC(=O)/C=C/c1ccc(OC(F)(F)c2ccc(OCCCCC(F)(F)F)cc2)cc1. The van der Waals surface area contributed by atoms with Crippen molar-refractivity contribution in [3.63, 3.8) is 0 Å². The molecule has 0 fully saturated rings. The van der Waals surface area contributed by atoms with E-state index in [2.05, 4.69) is 0 Å². The van der Waals surface area contributed by atoms with Crippen LogP contribution in [-0.4, -0.2) is 18.8 Å². The fourth-order valence-corrected chi connectivity index (χ4v) is 4.56. The first-order valence-corrected chi connectivity index (χ1v) is 14.4. The molecule has 11 heteroatoms. The van der Waals surface area contributed by atoms with E-state index in [0.717, 1.165) is 34.4 Å². The summed E-state index contributed by atoms with van der Waals surface area (Å²) in [5.41, 5.74) is 16.6. The fraction of sp³-hybridized carbons (Fsp3) is 0.229. The van der Waals surface area contributed by atoms with Gasteiger partial charge in [0.15, 0.2) is 0 Å². The zero-order valence-corrected chi connectivity index (χ0v) is 25.0. The molecule has 0 saturated carbocycles. The van der Waals surface area contributed by atoms with Crippen LogP contribution in [0.25, 0.3) is 17.2 Å². The number of unbranched alkanes of at least 4 members (excludes halogenated alkanes) is 1. The summed E-state index contributed by atoms with van der Waals surface area (Å²) in [4.78, 5) is 12.5. The van der Waals surface area contributed by atoms with Crippen molar-refractivity contribution in [2.45, 2.75) is 45.1 Å². The van der Waals surface area contributed by atoms with Gasteiger partial charge >= 0.3 is 18.3 Å². The molecule has 0 atom stereocenters. The van der Waals surface area contributed by atoms with Crippen LogP contribution in [0.5, 0.6) is 11.5 Å². The van der Waals surface area contributed by atoms with Crippen LogP contribution in [0.1, 0.15) is 41.5 Å². The molecule has 0 aliphatic heterocycles. The molecule has 0 bridgehead atoms. The standard InChI is InChI=1S/C35H33F5N2O4/c1-23-20-27(41)9-15-31(23)32-16-10-28(42)21-25(32)22-45-33(43)17-6-24-4-11-30(12-5-24)46-35(39,40)26-7-13-29(14-8-26)44-19-3-2-18-34(36,37)38/h4-17,20-21H,2-3,18-19,22,41-42H2,1H3/b17-6+. The molecule has 0 aliphatic rings. The zero-order valence-electron chi connectivity index (χ0n) is 25.0. The van der Waals surface area contributed by atoms with Crippen LogP contribution < -0.4 is 20.9 Å². The first kappa shape index (κ1) is 33.8. The van der Waals surface area contributed by atoms with Crippen molar-refractivity contribution < 1.29 is 41.0 Å². The number of alkyl halides is 5. The van der Waals surface area contributed by atoms with Gasteiger partial charge in [-0.2, -0.15) is 22.0 Å². The lowest BCUT2D eigenvalue weighted by Crippen LogP contribution is -2.21. The van der Waals surface area contributed by atoms with Crippen LogP contribution in [-0.2, 0) is 22.2 Å². The predicted octanol–water partition coefficient (Wildman–Crippen LogP) is 8.82. The van der Waals surface area contributed by atoms with Gasteiger partial charge in [0.25, 0.3) is 0 Å². The summed E-state index contributed by atoms with van der Waals surface area (Å²) < 4.78 is 81.8. The third-order valence-electron chi connectivity index (χ3n) is 6.89. The number of hydrogen-bond donors (Lipinski definition) is 2. The molecular formula is C35H33F5N2O4. The highest BCUT2D eigenvalue weighted by atomic mass is 19.4. The molecule has 6 nitrogen and oxygen atoms in total. The summed E-state index contributed by atoms with van der Waals surface area (Å²) in [6.07, 6.45) is -5.98. The second-order valence-corrected chi connectivity index (χ2v) is 10.6. The highest BCUT2D eigenvalue weighted by Gasteiger charge is 2.34. The van der Waals surface area contributed by atoms with Crippen molar-refractivity contribution in [2.75, 3.05) is 18.1 Å². The number of nitrogens with two attached hydrogens (primary N) is 2. The molecule has 0 saturated heterocycles. The van der Waals surface area contributed by atoms with Crippen LogP contribution in [0.3, 0.4) is 0 Å². The average Bonchev–Trinajstić information content (AvgIpc) is 2.99. The number of aryl methyl sites for hydroxylation is 1. The van der Waals surface area contributed by atoms with E-state index in [0.29, 0.717) is 16.9 Å². The molecular weight excluding hydrogens is 607 g/mol. The van der Waals surface area contributed by atoms with Crippen molar-refractivity contribution >= 4 is 23.4 Å². The minimum absolute atomic E-state index is 0.0235. The van der Waals surface area contributed by atoms with Crippen LogP contribution in [0.15, 0.2) is 91.0 Å². The maximum atomic E-state index is 14.8. The lowest BCUT2D eigenvalue weighted by atomic mass is 9.95. The Hall–Kier alpha value is -5.06. The van der Waals surface area contributed by atoms with Gasteiger partial charge in [0.1, 0.15) is 18.1 Å². The number of nitrogen functional groups attached to an aromatic ring is 2. The normalized spacial score (nSPS) is 11.9. The highest BCUT2D eigenvalue weighted by Crippen LogP contribution is 2.33. The van der Waals surface area contributed by atoms with E-state index >= 15 is 0 Å². The van der Waals surface area contributed by atoms with Crippen LogP contribution in [0, 0.1) is 6.92 Å². The second kappa shape index (κ2) is 14.8. The number of ether oxygens (including phenoxy) is 3. The van der Waals surface area contributed by atoms with Gasteiger partial charge in [-0.25, -0.2) is 4.79 Å². The van der Waals surface area contributed by atoms with Crippen molar-refractivity contribution in [1.82, 2.24) is 0 Å². The Morgan fingerprint density at radius 1 is 0.783 bits per heavy atom. The lowest BCUT2D eigenvalue weighted by Gasteiger charge is -2.18. The Morgan fingerprint density at radius 2 is 1.41 bits per heavy atom. The van der Waals surface area contributed by atoms with E-state index in [1.165, 1.54) is 48.6 Å². The van der Waals surface area contributed by atoms with E-state index in [1.807, 2.05) is 25.1 Å². The third-order valence-corrected chi connectivity index (χ3v) is 6.89. The Labute approximate surface area is 263 Å². The Balaban J connectivity index is 1.29. The van der Waals surface area contributed by atoms with Crippen molar-refractivity contribution in [3.05, 3.63) is 113 Å². The number of rotatable bonds is 13. The summed E-state index contributed by atoms with van der Waals surface area (Å²) in [5.74, 6) is -0.462. The lowest BCUT2D eigenvalue weighted by molar-refractivity contribution is -0.185. The van der Waals surface area contributed by atoms with Crippen molar-refractivity contribution in [2.24, 2.45) is 0 Å². The molecule has 4 aromatic rings. The van der Waals surface area contributed by atoms with Gasteiger partial charge in [0, 0.05) is 23.9 Å². The van der Waals surface area contributed by atoms with Crippen LogP contribution >= 0.6 is 0 Å². The molecule has 4 aromatic carbocycles. The smallest absolute Gasteiger partial charge is 0.426 e. The molecule has 46 heavy (non-hydrogen) atoms. The van der Waals surface area contributed by atoms with E-state index in [9.17, 15) is 26.7 Å². The number of halogens is 5. The summed E-state index contributed by atoms with van der Waals surface area (Å²) >= 11 is 0. The quantitative estimate of drug-likeness (QED) is 0.0499. The molecule has 242 valence electrons. The van der Waals surface area contributed by atoms with E-state index in [4.69, 9.17) is 25.7 Å². The minimum atomic E-state index is -4.22. The van der Waals surface area contributed by atoms with E-state index in [1.54, 1.807) is 18.2 Å². The van der Waals surface area contributed by atoms with Gasteiger partial charge in [-0.05, 0) is 114 Å². The van der Waals surface area contributed by atoms with Gasteiger partial charge in [-0.3, -0.25) is 0 Å². The Bertz CT molecular complexity index is 1650. The van der Waals surface area contributed by atoms with Gasteiger partial charge in [-0.15, -0.1) is 0 Å². The molecule has 4 rings (SSSR count). The van der Waals surface area contributed by atoms with Crippen molar-refractivity contribution in [1.29, 1.82) is 0 Å². The fourth-order valence-electron chi connectivity index (χ4n) is 4.56. The third kappa shape index (κ3) is 9.98. The number of benzene rings is 4. The van der Waals surface area contributed by atoms with Crippen LogP contribution in [0.4, 0.5) is 33.3 Å². The topological polar surface area (TPSA) is 96.8 Å². The van der Waals surface area contributed by atoms with Gasteiger partial charge in [0.05, 0.1) is 12.2 Å². The summed E-state index contributed by atoms with van der Waals surface area (Å²) in [7, 11) is 0. The number of carbonyl (C=O) groups excluding carboxylic acids is 1. The summed E-state index contributed by atoms with van der Waals surface area (Å²) in [5, 5.41) is 0. The molecule has 0 amide bonds. The van der Waals surface area contributed by atoms with Gasteiger partial charge in [-0.1, -0.05) is 24.3 Å². The molecule has 0 spiro atoms. The van der Waals surface area contributed by atoms with Crippen molar-refractivity contribution in [3.8, 4) is 22.6 Å². The number of hydrogen-bond acceptors (Lipinski definition) is 6. The number of carbonyl (C=O) groups is 1. The number of esters is 1. The molecule has 0 radical (unpaired) electrons. The minimum Gasteiger partial charge on any atom is -0.494 e. The highest BCUT2D eigenvalue weighted by molar-refractivity contribution is 5.87.